The summed E-state index contributed by atoms with van der Waals surface area (Å²) in [7, 11) is 0. The molecule has 0 aliphatic carbocycles. The van der Waals surface area contributed by atoms with Crippen LogP contribution in [0, 0.1) is 18.7 Å². The molecule has 5 nitrogen and oxygen atoms in total. The fourth-order valence-electron chi connectivity index (χ4n) is 6.16. The Morgan fingerprint density at radius 2 is 2.03 bits per heavy atom. The van der Waals surface area contributed by atoms with Gasteiger partial charge in [0, 0.05) is 23.8 Å². The second-order valence-electron chi connectivity index (χ2n) is 11.3. The normalized spacial score (nSPS) is 19.9. The standard InChI is InChI=1S/C33H39FN2O3/c1-4-6-27-7-5-14-36(27)20-26-18-25(10-12-28(26)29-16-22(3)35-19-30(29)34)31-13-11-24-9-8-23(17-32(24)39-31)15-21(2)33(37)38/h8-10,12,16-19,21,27,31H,4-7,11,13-15,20H2,1-3H3,(H,37,38). The van der Waals surface area contributed by atoms with Gasteiger partial charge in [0.1, 0.15) is 17.7 Å². The van der Waals surface area contributed by atoms with Crippen LogP contribution >= 0.6 is 0 Å². The lowest BCUT2D eigenvalue weighted by Gasteiger charge is -2.29. The predicted octanol–water partition coefficient (Wildman–Crippen LogP) is 7.29. The van der Waals surface area contributed by atoms with Crippen molar-refractivity contribution < 1.29 is 19.0 Å². The summed E-state index contributed by atoms with van der Waals surface area (Å²) in [5, 5.41) is 9.32. The SMILES string of the molecule is CCCC1CCCN1Cc1cc(C2CCc3ccc(CC(C)C(=O)O)cc3O2)ccc1-c1cc(C)ncc1F. The molecule has 2 aromatic carbocycles. The van der Waals surface area contributed by atoms with Gasteiger partial charge in [0.15, 0.2) is 0 Å². The topological polar surface area (TPSA) is 62.7 Å². The predicted molar refractivity (Wildman–Crippen MR) is 151 cm³/mol. The van der Waals surface area contributed by atoms with Crippen molar-refractivity contribution >= 4 is 5.97 Å². The van der Waals surface area contributed by atoms with Crippen LogP contribution in [0.2, 0.25) is 0 Å². The fourth-order valence-corrected chi connectivity index (χ4v) is 6.16. The van der Waals surface area contributed by atoms with Crippen LogP contribution in [0.25, 0.3) is 11.1 Å². The van der Waals surface area contributed by atoms with E-state index in [2.05, 4.69) is 41.1 Å². The molecule has 3 heterocycles. The Hall–Kier alpha value is -3.25. The number of ether oxygens (including phenoxy) is 1. The highest BCUT2D eigenvalue weighted by molar-refractivity contribution is 5.70. The van der Waals surface area contributed by atoms with Gasteiger partial charge in [-0.2, -0.15) is 0 Å². The number of aliphatic carboxylic acids is 1. The van der Waals surface area contributed by atoms with Crippen LogP contribution in [0.4, 0.5) is 4.39 Å². The Morgan fingerprint density at radius 3 is 2.82 bits per heavy atom. The Bertz CT molecular complexity index is 1340. The summed E-state index contributed by atoms with van der Waals surface area (Å²) in [6, 6.07) is 14.9. The van der Waals surface area contributed by atoms with E-state index < -0.39 is 11.9 Å². The highest BCUT2D eigenvalue weighted by Crippen LogP contribution is 2.38. The van der Waals surface area contributed by atoms with Crippen molar-refractivity contribution in [3.05, 3.63) is 82.4 Å². The van der Waals surface area contributed by atoms with Crippen LogP contribution in [0.15, 0.2) is 48.7 Å². The molecule has 0 spiro atoms. The molecule has 0 amide bonds. The number of likely N-dealkylation sites (tertiary alicyclic amines) is 1. The quantitative estimate of drug-likeness (QED) is 0.315. The Labute approximate surface area is 231 Å². The number of hydrogen-bond acceptors (Lipinski definition) is 4. The first-order chi connectivity index (χ1) is 18.8. The summed E-state index contributed by atoms with van der Waals surface area (Å²) in [5.74, 6) is -0.701. The summed E-state index contributed by atoms with van der Waals surface area (Å²) in [6.07, 6.45) is 8.22. The molecule has 5 rings (SSSR count). The van der Waals surface area contributed by atoms with E-state index in [1.54, 1.807) is 6.92 Å². The van der Waals surface area contributed by atoms with Crippen LogP contribution in [0.3, 0.4) is 0 Å². The van der Waals surface area contributed by atoms with E-state index in [9.17, 15) is 9.90 Å². The molecule has 1 N–H and O–H groups in total. The first-order valence-corrected chi connectivity index (χ1v) is 14.3. The minimum Gasteiger partial charge on any atom is -0.485 e. The molecule has 0 radical (unpaired) electrons. The molecule has 3 aromatic rings. The largest absolute Gasteiger partial charge is 0.485 e. The van der Waals surface area contributed by atoms with Crippen molar-refractivity contribution in [2.24, 2.45) is 5.92 Å². The minimum absolute atomic E-state index is 0.105. The number of halogens is 1. The maximum absolute atomic E-state index is 15.0. The number of nitrogens with zero attached hydrogens (tertiary/aromatic N) is 2. The maximum atomic E-state index is 15.0. The summed E-state index contributed by atoms with van der Waals surface area (Å²) in [6.45, 7) is 7.72. The number of rotatable bonds is 9. The molecular formula is C33H39FN2O3. The molecule has 1 saturated heterocycles. The lowest BCUT2D eigenvalue weighted by molar-refractivity contribution is -0.141. The molecule has 206 valence electrons. The van der Waals surface area contributed by atoms with Crippen LogP contribution < -0.4 is 4.74 Å². The van der Waals surface area contributed by atoms with Crippen molar-refractivity contribution in [3.63, 3.8) is 0 Å². The van der Waals surface area contributed by atoms with Crippen LogP contribution in [0.1, 0.15) is 80.0 Å². The van der Waals surface area contributed by atoms with Crippen molar-refractivity contribution in [1.29, 1.82) is 0 Å². The molecule has 2 aliphatic heterocycles. The molecule has 1 aromatic heterocycles. The summed E-state index contributed by atoms with van der Waals surface area (Å²) >= 11 is 0. The lowest BCUT2D eigenvalue weighted by atomic mass is 9.91. The van der Waals surface area contributed by atoms with E-state index in [1.165, 1.54) is 25.5 Å². The average molecular weight is 531 g/mol. The Kier molecular flexibility index (Phi) is 8.31. The monoisotopic (exact) mass is 530 g/mol. The van der Waals surface area contributed by atoms with Crippen molar-refractivity contribution in [3.8, 4) is 16.9 Å². The molecule has 39 heavy (non-hydrogen) atoms. The van der Waals surface area contributed by atoms with Gasteiger partial charge in [-0.15, -0.1) is 0 Å². The third kappa shape index (κ3) is 6.17. The van der Waals surface area contributed by atoms with Gasteiger partial charge in [0.25, 0.3) is 0 Å². The first kappa shape index (κ1) is 27.3. The van der Waals surface area contributed by atoms with E-state index in [1.807, 2.05) is 25.1 Å². The molecule has 3 unspecified atom stereocenters. The van der Waals surface area contributed by atoms with E-state index in [0.29, 0.717) is 18.0 Å². The lowest BCUT2D eigenvalue weighted by Crippen LogP contribution is -2.29. The summed E-state index contributed by atoms with van der Waals surface area (Å²) in [5.41, 5.74) is 6.67. The van der Waals surface area contributed by atoms with Crippen molar-refractivity contribution in [1.82, 2.24) is 9.88 Å². The summed E-state index contributed by atoms with van der Waals surface area (Å²) in [4.78, 5) is 18.1. The number of fused-ring (bicyclic) bond motifs is 1. The van der Waals surface area contributed by atoms with Gasteiger partial charge in [-0.3, -0.25) is 14.7 Å². The van der Waals surface area contributed by atoms with Crippen molar-refractivity contribution in [2.45, 2.75) is 84.4 Å². The maximum Gasteiger partial charge on any atom is 0.306 e. The number of carboxylic acids is 1. The van der Waals surface area contributed by atoms with Crippen LogP contribution in [-0.4, -0.2) is 33.5 Å². The fraction of sp³-hybridized carbons (Fsp3) is 0.455. The number of hydrogen-bond donors (Lipinski definition) is 1. The Balaban J connectivity index is 1.46. The average Bonchev–Trinajstić information content (AvgIpc) is 3.36. The zero-order valence-electron chi connectivity index (χ0n) is 23.3. The third-order valence-corrected chi connectivity index (χ3v) is 8.32. The van der Waals surface area contributed by atoms with Gasteiger partial charge >= 0.3 is 5.97 Å². The van der Waals surface area contributed by atoms with Gasteiger partial charge in [0.2, 0.25) is 0 Å². The molecular weight excluding hydrogens is 491 g/mol. The molecule has 0 bridgehead atoms. The molecule has 3 atom stereocenters. The number of carbonyl (C=O) groups is 1. The van der Waals surface area contributed by atoms with E-state index in [4.69, 9.17) is 4.74 Å². The zero-order chi connectivity index (χ0) is 27.5. The number of aromatic nitrogens is 1. The van der Waals surface area contributed by atoms with Gasteiger partial charge in [0.05, 0.1) is 12.1 Å². The minimum atomic E-state index is -0.792. The highest BCUT2D eigenvalue weighted by atomic mass is 19.1. The Morgan fingerprint density at radius 1 is 1.18 bits per heavy atom. The molecule has 1 fully saturated rings. The van der Waals surface area contributed by atoms with E-state index in [0.717, 1.165) is 71.6 Å². The third-order valence-electron chi connectivity index (χ3n) is 8.32. The number of aryl methyl sites for hydroxylation is 2. The van der Waals surface area contributed by atoms with Crippen LogP contribution in [-0.2, 0) is 24.2 Å². The number of carboxylic acid groups (broad SMARTS) is 1. The van der Waals surface area contributed by atoms with Gasteiger partial charge in [-0.25, -0.2) is 4.39 Å². The smallest absolute Gasteiger partial charge is 0.306 e. The second-order valence-corrected chi connectivity index (χ2v) is 11.3. The van der Waals surface area contributed by atoms with E-state index in [-0.39, 0.29) is 11.9 Å². The second kappa shape index (κ2) is 11.9. The van der Waals surface area contributed by atoms with E-state index >= 15 is 4.39 Å². The van der Waals surface area contributed by atoms with Gasteiger partial charge in [-0.05, 0) is 91.9 Å². The van der Waals surface area contributed by atoms with Gasteiger partial charge in [-0.1, -0.05) is 50.6 Å². The molecule has 0 saturated carbocycles. The molecule has 6 heteroatoms. The number of pyridine rings is 1. The van der Waals surface area contributed by atoms with Crippen LogP contribution in [0.5, 0.6) is 5.75 Å². The summed E-state index contributed by atoms with van der Waals surface area (Å²) < 4.78 is 21.5. The number of benzene rings is 2. The first-order valence-electron chi connectivity index (χ1n) is 14.3. The molecule has 2 aliphatic rings. The highest BCUT2D eigenvalue weighted by Gasteiger charge is 2.27. The van der Waals surface area contributed by atoms with Gasteiger partial charge < -0.3 is 9.84 Å². The van der Waals surface area contributed by atoms with Crippen molar-refractivity contribution in [2.75, 3.05) is 6.54 Å². The zero-order valence-corrected chi connectivity index (χ0v) is 23.3.